The summed E-state index contributed by atoms with van der Waals surface area (Å²) in [4.78, 5) is 25.9. The van der Waals surface area contributed by atoms with Crippen LogP contribution in [0, 0.1) is 0 Å². The largest absolute Gasteiger partial charge is 0.508 e. The van der Waals surface area contributed by atoms with Crippen LogP contribution in [0.5, 0.6) is 11.5 Å². The molecule has 0 bridgehead atoms. The number of carbonyl (C=O) groups excluding carboxylic acids is 2. The molecule has 1 fully saturated rings. The van der Waals surface area contributed by atoms with Gasteiger partial charge in [0, 0.05) is 11.6 Å². The first-order valence-corrected chi connectivity index (χ1v) is 12.0. The number of benzene rings is 3. The average Bonchev–Trinajstić information content (AvgIpc) is 3.17. The zero-order valence-corrected chi connectivity index (χ0v) is 20.2. The third kappa shape index (κ3) is 4.64. The quantitative estimate of drug-likeness (QED) is 0.374. The number of ether oxygens (including phenoxy) is 3. The Bertz CT molecular complexity index is 1300. The van der Waals surface area contributed by atoms with Crippen LogP contribution in [0.2, 0.25) is 0 Å². The highest BCUT2D eigenvalue weighted by Gasteiger charge is 2.49. The molecule has 2 aliphatic heterocycles. The maximum absolute atomic E-state index is 13.1. The first kappa shape index (κ1) is 23.8. The minimum absolute atomic E-state index is 0.0255. The number of phenolic OH excluding ortho intramolecular Hbond substituents is 1. The van der Waals surface area contributed by atoms with Crippen molar-refractivity contribution >= 4 is 17.8 Å². The molecule has 36 heavy (non-hydrogen) atoms. The van der Waals surface area contributed by atoms with Crippen molar-refractivity contribution in [3.63, 3.8) is 0 Å². The van der Waals surface area contributed by atoms with Gasteiger partial charge in [-0.15, -0.1) is 0 Å². The highest BCUT2D eigenvalue weighted by atomic mass is 16.6. The van der Waals surface area contributed by atoms with Gasteiger partial charge in [-0.2, -0.15) is 0 Å². The van der Waals surface area contributed by atoms with Gasteiger partial charge in [-0.1, -0.05) is 60.7 Å². The van der Waals surface area contributed by atoms with Gasteiger partial charge in [0.2, 0.25) is 0 Å². The molecule has 5 rings (SSSR count). The van der Waals surface area contributed by atoms with E-state index < -0.39 is 29.7 Å². The fourth-order valence-electron chi connectivity index (χ4n) is 4.92. The van der Waals surface area contributed by atoms with Gasteiger partial charge in [0.1, 0.15) is 29.3 Å². The number of hydrogen-bond donors (Lipinski definition) is 1. The lowest BCUT2D eigenvalue weighted by Crippen LogP contribution is -2.38. The molecule has 0 saturated carbocycles. The molecule has 0 aliphatic carbocycles. The summed E-state index contributed by atoms with van der Waals surface area (Å²) in [6, 6.07) is 22.1. The molecule has 3 aromatic carbocycles. The normalized spacial score (nSPS) is 22.7. The Morgan fingerprint density at radius 3 is 2.44 bits per heavy atom. The van der Waals surface area contributed by atoms with Crippen LogP contribution >= 0.6 is 0 Å². The number of fused-ring (bicyclic) bond motifs is 1. The summed E-state index contributed by atoms with van der Waals surface area (Å²) in [6.07, 6.45) is 2.09. The minimum atomic E-state index is -0.812. The molecule has 3 atom stereocenters. The fraction of sp³-hybridized carbons (Fsp3) is 0.267. The number of phenols is 1. The van der Waals surface area contributed by atoms with Crippen molar-refractivity contribution in [2.45, 2.75) is 44.0 Å². The second-order valence-electron chi connectivity index (χ2n) is 9.64. The van der Waals surface area contributed by atoms with Crippen LogP contribution in [0.25, 0.3) is 6.08 Å². The second-order valence-corrected chi connectivity index (χ2v) is 9.64. The third-order valence-electron chi connectivity index (χ3n) is 6.79. The Morgan fingerprint density at radius 1 is 1.03 bits per heavy atom. The molecule has 0 aromatic heterocycles. The number of Topliss-reactive ketones (excluding diaryl/α,β-unsaturated/α-hetero) is 1. The van der Waals surface area contributed by atoms with E-state index in [1.807, 2.05) is 74.5 Å². The first-order chi connectivity index (χ1) is 17.3. The molecule has 3 aromatic rings. The maximum atomic E-state index is 13.1. The fourth-order valence-corrected chi connectivity index (χ4v) is 4.92. The van der Waals surface area contributed by atoms with E-state index in [0.29, 0.717) is 16.9 Å². The molecule has 2 aliphatic rings. The Labute approximate surface area is 210 Å². The van der Waals surface area contributed by atoms with E-state index in [-0.39, 0.29) is 24.6 Å². The van der Waals surface area contributed by atoms with E-state index in [1.165, 1.54) is 12.1 Å². The van der Waals surface area contributed by atoms with E-state index in [1.54, 1.807) is 12.1 Å². The van der Waals surface area contributed by atoms with Gasteiger partial charge in [0.25, 0.3) is 0 Å². The number of hydrogen-bond acceptors (Lipinski definition) is 6. The summed E-state index contributed by atoms with van der Waals surface area (Å²) in [5.74, 6) is -0.805. The summed E-state index contributed by atoms with van der Waals surface area (Å²) in [5, 5.41) is 10.9. The van der Waals surface area contributed by atoms with Gasteiger partial charge in [-0.05, 0) is 43.2 Å². The van der Waals surface area contributed by atoms with Gasteiger partial charge in [-0.3, -0.25) is 4.79 Å². The van der Waals surface area contributed by atoms with Gasteiger partial charge in [0.15, 0.2) is 5.78 Å². The van der Waals surface area contributed by atoms with Crippen LogP contribution in [0.15, 0.2) is 78.9 Å². The van der Waals surface area contributed by atoms with E-state index in [4.69, 9.17) is 14.2 Å². The zero-order chi connectivity index (χ0) is 25.3. The van der Waals surface area contributed by atoms with Crippen LogP contribution < -0.4 is 4.74 Å². The molecule has 1 saturated heterocycles. The molecule has 0 unspecified atom stereocenters. The summed E-state index contributed by atoms with van der Waals surface area (Å²) < 4.78 is 18.3. The second kappa shape index (κ2) is 9.63. The van der Waals surface area contributed by atoms with Crippen LogP contribution in [-0.4, -0.2) is 35.2 Å². The Balaban J connectivity index is 1.47. The monoisotopic (exact) mass is 484 g/mol. The average molecular weight is 485 g/mol. The van der Waals surface area contributed by atoms with Crippen LogP contribution in [0.1, 0.15) is 59.3 Å². The number of carbonyl (C=O) groups is 2. The van der Waals surface area contributed by atoms with Gasteiger partial charge in [-0.25, -0.2) is 4.79 Å². The van der Waals surface area contributed by atoms with Crippen LogP contribution in [0.4, 0.5) is 0 Å². The molecule has 2 heterocycles. The summed E-state index contributed by atoms with van der Waals surface area (Å²) in [6.45, 7) is 3.89. The summed E-state index contributed by atoms with van der Waals surface area (Å²) in [5.41, 5.74) is 1.78. The molecule has 1 N–H and O–H groups in total. The standard InChI is InChI=1S/C30H28O6/c1-30(2)29(36-26(33)16-13-19-9-5-3-6-10-19)22(18-34-30)27-23(31)15-14-21-24(32)17-25(35-28(21)27)20-11-7-4-8-12-20/h3-16,22,25,29,31H,17-18H2,1-2H3/t22-,25+,29+/m1/s1. The molecular weight excluding hydrogens is 456 g/mol. The lowest BCUT2D eigenvalue weighted by atomic mass is 9.84. The molecule has 6 heteroatoms. The Kier molecular flexibility index (Phi) is 6.37. The lowest BCUT2D eigenvalue weighted by Gasteiger charge is -2.32. The van der Waals surface area contributed by atoms with Crippen LogP contribution in [-0.2, 0) is 14.3 Å². The minimum Gasteiger partial charge on any atom is -0.508 e. The van der Waals surface area contributed by atoms with E-state index in [0.717, 1.165) is 11.1 Å². The first-order valence-electron chi connectivity index (χ1n) is 12.0. The number of aromatic hydroxyl groups is 1. The van der Waals surface area contributed by atoms with Crippen molar-refractivity contribution in [1.82, 2.24) is 0 Å². The summed E-state index contributed by atoms with van der Waals surface area (Å²) >= 11 is 0. The van der Waals surface area contributed by atoms with E-state index in [2.05, 4.69) is 0 Å². The number of esters is 1. The summed E-state index contributed by atoms with van der Waals surface area (Å²) in [7, 11) is 0. The lowest BCUT2D eigenvalue weighted by molar-refractivity contribution is -0.151. The van der Waals surface area contributed by atoms with Crippen molar-refractivity contribution in [2.24, 2.45) is 0 Å². The third-order valence-corrected chi connectivity index (χ3v) is 6.79. The molecular formula is C30H28O6. The maximum Gasteiger partial charge on any atom is 0.331 e. The van der Waals surface area contributed by atoms with Gasteiger partial charge in [0.05, 0.1) is 24.5 Å². The van der Waals surface area contributed by atoms with Crippen LogP contribution in [0.3, 0.4) is 0 Å². The van der Waals surface area contributed by atoms with E-state index in [9.17, 15) is 14.7 Å². The van der Waals surface area contributed by atoms with Gasteiger partial charge < -0.3 is 19.3 Å². The van der Waals surface area contributed by atoms with Crippen molar-refractivity contribution in [1.29, 1.82) is 0 Å². The number of ketones is 1. The number of rotatable bonds is 5. The van der Waals surface area contributed by atoms with Crippen molar-refractivity contribution < 1.29 is 28.9 Å². The highest BCUT2D eigenvalue weighted by Crippen LogP contribution is 2.49. The van der Waals surface area contributed by atoms with Crippen molar-refractivity contribution in [3.05, 3.63) is 101 Å². The highest BCUT2D eigenvalue weighted by molar-refractivity contribution is 6.01. The van der Waals surface area contributed by atoms with Crippen molar-refractivity contribution in [3.8, 4) is 11.5 Å². The van der Waals surface area contributed by atoms with E-state index >= 15 is 0 Å². The SMILES string of the molecule is CC1(C)OC[C@H](c2c(O)ccc3c2O[C@H](c2ccccc2)CC3=O)[C@@H]1OC(=O)C=Cc1ccccc1. The predicted octanol–water partition coefficient (Wildman–Crippen LogP) is 5.62. The molecule has 0 spiro atoms. The molecule has 184 valence electrons. The Morgan fingerprint density at radius 2 is 1.72 bits per heavy atom. The van der Waals surface area contributed by atoms with Gasteiger partial charge >= 0.3 is 5.97 Å². The molecule has 6 nitrogen and oxygen atoms in total. The Hall–Kier alpha value is -3.90. The predicted molar refractivity (Wildman–Crippen MR) is 135 cm³/mol. The molecule has 0 radical (unpaired) electrons. The zero-order valence-electron chi connectivity index (χ0n) is 20.2. The topological polar surface area (TPSA) is 82.1 Å². The molecule has 0 amide bonds. The smallest absolute Gasteiger partial charge is 0.331 e. The van der Waals surface area contributed by atoms with Crippen molar-refractivity contribution in [2.75, 3.05) is 6.61 Å².